The number of ether oxygens (including phenoxy) is 8. The van der Waals surface area contributed by atoms with Crippen LogP contribution < -0.4 is 11.1 Å². The van der Waals surface area contributed by atoms with Gasteiger partial charge in [-0.2, -0.15) is 0 Å². The van der Waals surface area contributed by atoms with Crippen LogP contribution in [0.2, 0.25) is 0 Å². The molecule has 0 saturated carbocycles. The van der Waals surface area contributed by atoms with Gasteiger partial charge in [0.15, 0.2) is 0 Å². The van der Waals surface area contributed by atoms with Crippen LogP contribution in [0.4, 0.5) is 0 Å². The first-order valence-corrected chi connectivity index (χ1v) is 18.4. The minimum Gasteiger partial charge on any atom is -0.379 e. The molecule has 0 radical (unpaired) electrons. The second-order valence-electron chi connectivity index (χ2n) is 15.9. The lowest BCUT2D eigenvalue weighted by Gasteiger charge is -2.31. The van der Waals surface area contributed by atoms with E-state index in [9.17, 15) is 14.4 Å². The molecule has 14 heteroatoms. The van der Waals surface area contributed by atoms with Crippen LogP contribution in [0, 0.1) is 11.3 Å². The van der Waals surface area contributed by atoms with Gasteiger partial charge in [0.1, 0.15) is 6.10 Å². The molecule has 0 aromatic rings. The molecule has 1 saturated heterocycles. The number of nitrogens with zero attached hydrogens (tertiary/aromatic N) is 1. The monoisotopic (exact) mass is 734 g/mol. The van der Waals surface area contributed by atoms with Crippen LogP contribution in [-0.4, -0.2) is 139 Å². The standard InChI is InChI=1S/C37H71N3O11/c1-34(2,3)30-24-32(42)40(33(30)43)16-12-31(41)39-15-11-17-47-25-29(49-23-22-46-19-14-36(6,7)51-28-38)26-48-21-20-45-18-13-35(4,5)50-27-37(8,9)44-10/h29-30H,11-28,38H2,1-10H3,(H,39,41). The number of hydrogen-bond donors (Lipinski definition) is 2. The lowest BCUT2D eigenvalue weighted by Crippen LogP contribution is -2.37. The first-order chi connectivity index (χ1) is 23.8. The van der Waals surface area contributed by atoms with Crippen LogP contribution in [0.3, 0.4) is 0 Å². The second kappa shape index (κ2) is 23.8. The molecule has 51 heavy (non-hydrogen) atoms. The maximum Gasteiger partial charge on any atom is 0.233 e. The Bertz CT molecular complexity index is 1000. The molecule has 2 unspecified atom stereocenters. The number of amides is 3. The van der Waals surface area contributed by atoms with Gasteiger partial charge in [-0.05, 0) is 66.2 Å². The number of carbonyl (C=O) groups is 3. The van der Waals surface area contributed by atoms with Gasteiger partial charge in [0.25, 0.3) is 0 Å². The van der Waals surface area contributed by atoms with E-state index in [4.69, 9.17) is 43.6 Å². The number of methoxy groups -OCH3 is 1. The van der Waals surface area contributed by atoms with Crippen molar-refractivity contribution in [3.63, 3.8) is 0 Å². The number of hydrogen-bond acceptors (Lipinski definition) is 12. The van der Waals surface area contributed by atoms with E-state index >= 15 is 0 Å². The molecule has 0 aliphatic carbocycles. The fraction of sp³-hybridized carbons (Fsp3) is 0.919. The average molecular weight is 734 g/mol. The summed E-state index contributed by atoms with van der Waals surface area (Å²) in [5.74, 6) is -0.964. The van der Waals surface area contributed by atoms with Crippen LogP contribution in [0.25, 0.3) is 0 Å². The predicted octanol–water partition coefficient (Wildman–Crippen LogP) is 3.47. The zero-order chi connectivity index (χ0) is 38.6. The summed E-state index contributed by atoms with van der Waals surface area (Å²) in [6.07, 6.45) is 1.99. The molecular formula is C37H71N3O11. The Balaban J connectivity index is 2.37. The summed E-state index contributed by atoms with van der Waals surface area (Å²) in [6.45, 7) is 22.7. The lowest BCUT2D eigenvalue weighted by atomic mass is 9.80. The Labute approximate surface area is 307 Å². The average Bonchev–Trinajstić information content (AvgIpc) is 3.34. The number of rotatable bonds is 30. The third-order valence-corrected chi connectivity index (χ3v) is 8.73. The smallest absolute Gasteiger partial charge is 0.233 e. The third kappa shape index (κ3) is 21.5. The highest BCUT2D eigenvalue weighted by Crippen LogP contribution is 2.35. The topological polar surface area (TPSA) is 166 Å². The molecule has 0 aromatic heterocycles. The highest BCUT2D eigenvalue weighted by molar-refractivity contribution is 6.04. The van der Waals surface area contributed by atoms with Gasteiger partial charge in [-0.1, -0.05) is 20.8 Å². The quantitative estimate of drug-likeness (QED) is 0.0628. The number of imide groups is 1. The Hall–Kier alpha value is -1.75. The van der Waals surface area contributed by atoms with Gasteiger partial charge in [0, 0.05) is 52.9 Å². The summed E-state index contributed by atoms with van der Waals surface area (Å²) >= 11 is 0. The number of likely N-dealkylation sites (tertiary alicyclic amines) is 1. The summed E-state index contributed by atoms with van der Waals surface area (Å²) < 4.78 is 46.2. The maximum absolute atomic E-state index is 12.7. The van der Waals surface area contributed by atoms with Crippen LogP contribution in [0.15, 0.2) is 0 Å². The molecule has 3 N–H and O–H groups in total. The van der Waals surface area contributed by atoms with Crippen molar-refractivity contribution in [1.29, 1.82) is 0 Å². The van der Waals surface area contributed by atoms with E-state index < -0.39 is 0 Å². The van der Waals surface area contributed by atoms with E-state index in [0.717, 1.165) is 6.42 Å². The van der Waals surface area contributed by atoms with E-state index in [1.807, 2.05) is 62.3 Å². The molecule has 14 nitrogen and oxygen atoms in total. The molecule has 0 spiro atoms. The van der Waals surface area contributed by atoms with Crippen LogP contribution in [-0.2, 0) is 52.3 Å². The summed E-state index contributed by atoms with van der Waals surface area (Å²) in [7, 11) is 1.68. The van der Waals surface area contributed by atoms with Crippen molar-refractivity contribution in [3.8, 4) is 0 Å². The molecule has 3 amide bonds. The van der Waals surface area contributed by atoms with Crippen LogP contribution >= 0.6 is 0 Å². The Morgan fingerprint density at radius 2 is 1.37 bits per heavy atom. The number of nitrogens with two attached hydrogens (primary N) is 1. The zero-order valence-electron chi connectivity index (χ0n) is 33.4. The van der Waals surface area contributed by atoms with E-state index in [2.05, 4.69) is 5.32 Å². The third-order valence-electron chi connectivity index (χ3n) is 8.73. The molecule has 1 aliphatic rings. The molecule has 0 aromatic carbocycles. The summed E-state index contributed by atoms with van der Waals surface area (Å²) in [4.78, 5) is 38.6. The minimum absolute atomic E-state index is 0.0735. The molecule has 1 heterocycles. The highest BCUT2D eigenvalue weighted by Gasteiger charge is 2.44. The van der Waals surface area contributed by atoms with E-state index in [1.54, 1.807) is 7.11 Å². The normalized spacial score (nSPS) is 16.7. The Kier molecular flexibility index (Phi) is 22.1. The van der Waals surface area contributed by atoms with Gasteiger partial charge in [-0.15, -0.1) is 0 Å². The number of carbonyl (C=O) groups excluding carboxylic acids is 3. The summed E-state index contributed by atoms with van der Waals surface area (Å²) in [5, 5.41) is 2.84. The lowest BCUT2D eigenvalue weighted by molar-refractivity contribution is -0.140. The highest BCUT2D eigenvalue weighted by atomic mass is 16.6. The minimum atomic E-state index is -0.354. The van der Waals surface area contributed by atoms with E-state index in [1.165, 1.54) is 4.90 Å². The van der Waals surface area contributed by atoms with Crippen molar-refractivity contribution < 1.29 is 52.3 Å². The summed E-state index contributed by atoms with van der Waals surface area (Å²) in [5.41, 5.74) is 4.16. The van der Waals surface area contributed by atoms with Gasteiger partial charge < -0.3 is 48.9 Å². The van der Waals surface area contributed by atoms with Gasteiger partial charge >= 0.3 is 0 Å². The largest absolute Gasteiger partial charge is 0.379 e. The zero-order valence-corrected chi connectivity index (χ0v) is 33.4. The van der Waals surface area contributed by atoms with Gasteiger partial charge in [0.05, 0.1) is 75.7 Å². The Morgan fingerprint density at radius 3 is 1.94 bits per heavy atom. The van der Waals surface area contributed by atoms with Crippen molar-refractivity contribution in [2.45, 2.75) is 117 Å². The SMILES string of the molecule is COC(C)(C)COC(C)(C)CCOCCOCC(COCCCNC(=O)CCN1C(=O)CC(C(C)(C)C)C1=O)OCCOCCC(C)(C)OCN. The van der Waals surface area contributed by atoms with Crippen molar-refractivity contribution in [1.82, 2.24) is 10.2 Å². The van der Waals surface area contributed by atoms with Crippen molar-refractivity contribution in [2.24, 2.45) is 17.1 Å². The molecule has 1 fully saturated rings. The first kappa shape index (κ1) is 47.3. The van der Waals surface area contributed by atoms with E-state index in [0.29, 0.717) is 85.5 Å². The maximum atomic E-state index is 12.7. The molecule has 1 rings (SSSR count). The van der Waals surface area contributed by atoms with Gasteiger partial charge in [0.2, 0.25) is 17.7 Å². The fourth-order valence-electron chi connectivity index (χ4n) is 4.90. The van der Waals surface area contributed by atoms with Crippen molar-refractivity contribution in [2.75, 3.05) is 93.0 Å². The fourth-order valence-corrected chi connectivity index (χ4v) is 4.90. The summed E-state index contributed by atoms with van der Waals surface area (Å²) in [6, 6.07) is 0. The molecule has 2 atom stereocenters. The number of nitrogens with one attached hydrogen (secondary N) is 1. The molecule has 300 valence electrons. The molecule has 0 bridgehead atoms. The van der Waals surface area contributed by atoms with E-state index in [-0.39, 0.29) is 78.1 Å². The molecule has 1 aliphatic heterocycles. The first-order valence-electron chi connectivity index (χ1n) is 18.4. The predicted molar refractivity (Wildman–Crippen MR) is 194 cm³/mol. The van der Waals surface area contributed by atoms with Crippen molar-refractivity contribution >= 4 is 17.7 Å². The van der Waals surface area contributed by atoms with Crippen molar-refractivity contribution in [3.05, 3.63) is 0 Å². The molecular weight excluding hydrogens is 662 g/mol. The second-order valence-corrected chi connectivity index (χ2v) is 15.9. The van der Waals surface area contributed by atoms with Gasteiger partial charge in [-0.25, -0.2) is 0 Å². The van der Waals surface area contributed by atoms with Crippen LogP contribution in [0.1, 0.15) is 94.4 Å². The van der Waals surface area contributed by atoms with Gasteiger partial charge in [-0.3, -0.25) is 19.3 Å². The Morgan fingerprint density at radius 1 is 0.804 bits per heavy atom. The van der Waals surface area contributed by atoms with Crippen LogP contribution in [0.5, 0.6) is 0 Å².